The lowest BCUT2D eigenvalue weighted by Crippen LogP contribution is -2.21. The summed E-state index contributed by atoms with van der Waals surface area (Å²) in [5.41, 5.74) is 5.67. The molecule has 0 spiro atoms. The lowest BCUT2D eigenvalue weighted by molar-refractivity contribution is -0.128. The van der Waals surface area contributed by atoms with E-state index in [0.717, 1.165) is 18.4 Å². The van der Waals surface area contributed by atoms with E-state index in [1.165, 1.54) is 16.8 Å². The van der Waals surface area contributed by atoms with Crippen LogP contribution in [-0.2, 0) is 16.0 Å². The minimum absolute atomic E-state index is 0.0645. The highest BCUT2D eigenvalue weighted by atomic mass is 32.1. The quantitative estimate of drug-likeness (QED) is 0.211. The van der Waals surface area contributed by atoms with Crippen molar-refractivity contribution in [2.24, 2.45) is 0 Å². The molecule has 0 saturated heterocycles. The van der Waals surface area contributed by atoms with Crippen molar-refractivity contribution in [1.29, 1.82) is 0 Å². The molecule has 1 aromatic rings. The van der Waals surface area contributed by atoms with Crippen LogP contribution in [0.15, 0.2) is 35.9 Å². The molecule has 8 heteroatoms. The summed E-state index contributed by atoms with van der Waals surface area (Å²) in [7, 11) is 0. The van der Waals surface area contributed by atoms with Gasteiger partial charge in [0.25, 0.3) is 0 Å². The van der Waals surface area contributed by atoms with Gasteiger partial charge in [-0.25, -0.2) is 15.3 Å². The molecule has 124 valence electrons. The largest absolute Gasteiger partial charge is 0.449 e. The molecular formula is C15H19N3O4S. The summed E-state index contributed by atoms with van der Waals surface area (Å²) in [6, 6.07) is 0. The Morgan fingerprint density at radius 3 is 3.00 bits per heavy atom. The Bertz CT molecular complexity index is 606. The highest BCUT2D eigenvalue weighted by Gasteiger charge is 2.10. The van der Waals surface area contributed by atoms with Gasteiger partial charge in [0.1, 0.15) is 0 Å². The highest BCUT2D eigenvalue weighted by Crippen LogP contribution is 2.16. The fourth-order valence-corrected chi connectivity index (χ4v) is 2.27. The SMILES string of the molecule is C=C=CCC(=C)CCCOC(=O)Nc1nc(CC(=O)NO)cs1. The first-order valence-electron chi connectivity index (χ1n) is 6.87. The average Bonchev–Trinajstić information content (AvgIpc) is 2.96. The fourth-order valence-electron chi connectivity index (χ4n) is 1.58. The number of anilines is 1. The number of hydroxylamine groups is 1. The number of nitrogens with one attached hydrogen (secondary N) is 2. The Hall–Kier alpha value is -2.41. The first-order valence-corrected chi connectivity index (χ1v) is 7.75. The number of nitrogens with zero attached hydrogens (tertiary/aromatic N) is 1. The number of ether oxygens (including phenoxy) is 1. The molecule has 1 heterocycles. The monoisotopic (exact) mass is 337 g/mol. The molecule has 0 aliphatic heterocycles. The number of hydrogen-bond acceptors (Lipinski definition) is 6. The summed E-state index contributed by atoms with van der Waals surface area (Å²) in [6.45, 7) is 7.64. The summed E-state index contributed by atoms with van der Waals surface area (Å²) in [4.78, 5) is 26.6. The van der Waals surface area contributed by atoms with Gasteiger partial charge < -0.3 is 4.74 Å². The summed E-state index contributed by atoms with van der Waals surface area (Å²) >= 11 is 1.17. The van der Waals surface area contributed by atoms with Gasteiger partial charge in [-0.2, -0.15) is 0 Å². The smallest absolute Gasteiger partial charge is 0.413 e. The Morgan fingerprint density at radius 2 is 2.30 bits per heavy atom. The third kappa shape index (κ3) is 7.96. The van der Waals surface area contributed by atoms with Crippen molar-refractivity contribution < 1.29 is 19.5 Å². The van der Waals surface area contributed by atoms with Crippen molar-refractivity contribution in [3.8, 4) is 0 Å². The second kappa shape index (κ2) is 10.3. The van der Waals surface area contributed by atoms with Gasteiger partial charge in [-0.3, -0.25) is 15.3 Å². The molecule has 0 saturated carbocycles. The second-order valence-corrected chi connectivity index (χ2v) is 5.44. The van der Waals surface area contributed by atoms with Crippen LogP contribution in [0.5, 0.6) is 0 Å². The molecule has 0 atom stereocenters. The van der Waals surface area contributed by atoms with Gasteiger partial charge in [0.15, 0.2) is 5.13 Å². The molecule has 23 heavy (non-hydrogen) atoms. The number of thiazole rings is 1. The molecule has 0 radical (unpaired) electrons. The van der Waals surface area contributed by atoms with Gasteiger partial charge in [0.2, 0.25) is 5.91 Å². The number of aromatic nitrogens is 1. The van der Waals surface area contributed by atoms with E-state index >= 15 is 0 Å². The summed E-state index contributed by atoms with van der Waals surface area (Å²) in [6.07, 6.45) is 3.28. The van der Waals surface area contributed by atoms with E-state index in [0.29, 0.717) is 17.2 Å². The molecule has 1 rings (SSSR count). The van der Waals surface area contributed by atoms with E-state index in [4.69, 9.17) is 9.94 Å². The van der Waals surface area contributed by atoms with E-state index in [1.807, 2.05) is 0 Å². The molecule has 0 aliphatic rings. The summed E-state index contributed by atoms with van der Waals surface area (Å²) in [5.74, 6) is -0.573. The summed E-state index contributed by atoms with van der Waals surface area (Å²) in [5, 5.41) is 12.9. The van der Waals surface area contributed by atoms with Gasteiger partial charge in [-0.05, 0) is 25.3 Å². The predicted octanol–water partition coefficient (Wildman–Crippen LogP) is 2.81. The minimum Gasteiger partial charge on any atom is -0.449 e. The number of carbonyl (C=O) groups is 2. The lowest BCUT2D eigenvalue weighted by atomic mass is 10.1. The highest BCUT2D eigenvalue weighted by molar-refractivity contribution is 7.13. The zero-order valence-electron chi connectivity index (χ0n) is 12.6. The maximum absolute atomic E-state index is 11.6. The van der Waals surface area contributed by atoms with Crippen LogP contribution in [0.25, 0.3) is 0 Å². The molecule has 0 bridgehead atoms. The van der Waals surface area contributed by atoms with E-state index in [-0.39, 0.29) is 13.0 Å². The first-order chi connectivity index (χ1) is 11.0. The van der Waals surface area contributed by atoms with Crippen LogP contribution in [0.1, 0.15) is 25.0 Å². The van der Waals surface area contributed by atoms with Crippen molar-refractivity contribution in [3.05, 3.63) is 41.6 Å². The van der Waals surface area contributed by atoms with Crippen molar-refractivity contribution in [3.63, 3.8) is 0 Å². The Balaban J connectivity index is 2.25. The van der Waals surface area contributed by atoms with Crippen LogP contribution < -0.4 is 10.8 Å². The van der Waals surface area contributed by atoms with Crippen LogP contribution in [0.4, 0.5) is 9.93 Å². The van der Waals surface area contributed by atoms with Crippen LogP contribution in [0.3, 0.4) is 0 Å². The third-order valence-corrected chi connectivity index (χ3v) is 3.48. The van der Waals surface area contributed by atoms with Crippen LogP contribution in [0, 0.1) is 0 Å². The van der Waals surface area contributed by atoms with Crippen molar-refractivity contribution in [2.75, 3.05) is 11.9 Å². The van der Waals surface area contributed by atoms with Crippen molar-refractivity contribution >= 4 is 28.5 Å². The fraction of sp³-hybridized carbons (Fsp3) is 0.333. The van der Waals surface area contributed by atoms with Gasteiger partial charge in [-0.1, -0.05) is 18.7 Å². The molecule has 7 nitrogen and oxygen atoms in total. The van der Waals surface area contributed by atoms with E-state index in [9.17, 15) is 9.59 Å². The molecule has 2 amide bonds. The molecule has 0 aliphatic carbocycles. The molecule has 0 fully saturated rings. The number of hydrogen-bond donors (Lipinski definition) is 3. The Kier molecular flexibility index (Phi) is 8.38. The number of rotatable bonds is 9. The van der Waals surface area contributed by atoms with E-state index in [2.05, 4.69) is 29.2 Å². The van der Waals surface area contributed by atoms with Crippen molar-refractivity contribution in [1.82, 2.24) is 10.5 Å². The molecule has 0 aromatic carbocycles. The second-order valence-electron chi connectivity index (χ2n) is 4.58. The van der Waals surface area contributed by atoms with E-state index in [1.54, 1.807) is 11.5 Å². The lowest BCUT2D eigenvalue weighted by Gasteiger charge is -2.05. The van der Waals surface area contributed by atoms with Crippen molar-refractivity contribution in [2.45, 2.75) is 25.7 Å². The standard InChI is InChI=1S/C15H19N3O4S/c1-3-4-6-11(2)7-5-8-22-15(20)17-14-16-12(10-23-14)9-13(19)18-21/h4,10,21H,1-2,5-9H2,(H,18,19)(H,16,17,20). The van der Waals surface area contributed by atoms with Crippen LogP contribution in [-0.4, -0.2) is 28.8 Å². The van der Waals surface area contributed by atoms with Gasteiger partial charge >= 0.3 is 6.09 Å². The molecule has 0 unspecified atom stereocenters. The maximum atomic E-state index is 11.6. The van der Waals surface area contributed by atoms with Gasteiger partial charge in [-0.15, -0.1) is 17.1 Å². The number of carbonyl (C=O) groups excluding carboxylic acids is 2. The normalized spacial score (nSPS) is 9.61. The van der Waals surface area contributed by atoms with Crippen LogP contribution >= 0.6 is 11.3 Å². The van der Waals surface area contributed by atoms with Gasteiger partial charge in [0.05, 0.1) is 18.7 Å². The third-order valence-electron chi connectivity index (χ3n) is 2.67. The zero-order valence-corrected chi connectivity index (χ0v) is 13.4. The number of amides is 2. The maximum Gasteiger partial charge on any atom is 0.413 e. The predicted molar refractivity (Wildman–Crippen MR) is 87.4 cm³/mol. The molecular weight excluding hydrogens is 318 g/mol. The Morgan fingerprint density at radius 1 is 1.52 bits per heavy atom. The van der Waals surface area contributed by atoms with E-state index < -0.39 is 12.0 Å². The number of allylic oxidation sites excluding steroid dienone is 2. The first kappa shape index (κ1) is 18.6. The van der Waals surface area contributed by atoms with Gasteiger partial charge in [0, 0.05) is 5.38 Å². The minimum atomic E-state index is -0.603. The summed E-state index contributed by atoms with van der Waals surface area (Å²) < 4.78 is 5.03. The Labute approximate surface area is 138 Å². The topological polar surface area (TPSA) is 101 Å². The zero-order chi connectivity index (χ0) is 17.1. The molecule has 3 N–H and O–H groups in total. The molecule has 1 aromatic heterocycles. The van der Waals surface area contributed by atoms with Crippen LogP contribution in [0.2, 0.25) is 0 Å². The average molecular weight is 337 g/mol.